The lowest BCUT2D eigenvalue weighted by atomic mass is 10.1. The van der Waals surface area contributed by atoms with Crippen molar-refractivity contribution in [3.8, 4) is 0 Å². The Morgan fingerprint density at radius 3 is 2.50 bits per heavy atom. The summed E-state index contributed by atoms with van der Waals surface area (Å²) < 4.78 is 39.4. The number of nitrogens with one attached hydrogen (secondary N) is 2. The maximum atomic E-state index is 13.1. The van der Waals surface area contributed by atoms with Gasteiger partial charge in [-0.2, -0.15) is 13.2 Å². The zero-order valence-corrected chi connectivity index (χ0v) is 10.8. The van der Waals surface area contributed by atoms with E-state index in [0.29, 0.717) is 0 Å². The highest BCUT2D eigenvalue weighted by atomic mass is 32.1. The molecule has 2 rings (SSSR count). The molecule has 0 radical (unpaired) electrons. The maximum Gasteiger partial charge on any atom is 0.440 e. The fraction of sp³-hybridized carbons (Fsp3) is 0.300. The van der Waals surface area contributed by atoms with Crippen molar-refractivity contribution < 1.29 is 27.6 Å². The molecule has 1 aromatic rings. The molecule has 1 fully saturated rings. The highest BCUT2D eigenvalue weighted by Gasteiger charge is 2.68. The number of rotatable bonds is 2. The zero-order chi connectivity index (χ0) is 15.1. The first-order valence-corrected chi connectivity index (χ1v) is 6.10. The predicted octanol–water partition coefficient (Wildman–Crippen LogP) is 0.918. The van der Waals surface area contributed by atoms with Crippen LogP contribution in [-0.4, -0.2) is 41.6 Å². The predicted molar refractivity (Wildman–Crippen MR) is 61.9 cm³/mol. The normalized spacial score (nSPS) is 22.9. The molecule has 108 valence electrons. The number of carbonyl (C=O) groups excluding carboxylic acids is 3. The molecule has 2 heterocycles. The minimum Gasteiger partial charge on any atom is -0.313 e. The van der Waals surface area contributed by atoms with Crippen LogP contribution in [0, 0.1) is 0 Å². The van der Waals surface area contributed by atoms with E-state index in [0.717, 1.165) is 18.4 Å². The highest BCUT2D eigenvalue weighted by molar-refractivity contribution is 7.12. The van der Waals surface area contributed by atoms with Gasteiger partial charge in [-0.3, -0.25) is 19.8 Å². The minimum atomic E-state index is -5.17. The first kappa shape index (κ1) is 14.3. The number of thiophene rings is 1. The van der Waals surface area contributed by atoms with Crippen LogP contribution in [-0.2, 0) is 4.79 Å². The summed E-state index contributed by atoms with van der Waals surface area (Å²) in [7, 11) is 0.891. The summed E-state index contributed by atoms with van der Waals surface area (Å²) in [6.45, 7) is 0. The fourth-order valence-corrected chi connectivity index (χ4v) is 2.25. The Morgan fingerprint density at radius 1 is 1.45 bits per heavy atom. The van der Waals surface area contributed by atoms with Gasteiger partial charge in [0, 0.05) is 7.05 Å². The molecule has 20 heavy (non-hydrogen) atoms. The molecule has 2 N–H and O–H groups in total. The van der Waals surface area contributed by atoms with Crippen molar-refractivity contribution in [3.05, 3.63) is 22.4 Å². The second-order valence-electron chi connectivity index (χ2n) is 3.97. The molecular weight excluding hydrogens is 299 g/mol. The smallest absolute Gasteiger partial charge is 0.313 e. The van der Waals surface area contributed by atoms with Crippen LogP contribution in [0.15, 0.2) is 17.5 Å². The summed E-state index contributed by atoms with van der Waals surface area (Å²) >= 11 is 0.910. The van der Waals surface area contributed by atoms with Crippen molar-refractivity contribution in [2.75, 3.05) is 7.05 Å². The van der Waals surface area contributed by atoms with E-state index in [1.807, 2.05) is 0 Å². The minimum absolute atomic E-state index is 0.00905. The number of carbonyl (C=O) groups is 3. The average molecular weight is 307 g/mol. The van der Waals surface area contributed by atoms with Gasteiger partial charge in [0.1, 0.15) is 0 Å². The Labute approximate surface area is 114 Å². The van der Waals surface area contributed by atoms with Gasteiger partial charge in [-0.15, -0.1) is 11.3 Å². The number of halogens is 3. The molecule has 0 aliphatic carbocycles. The summed E-state index contributed by atoms with van der Waals surface area (Å²) in [5.41, 5.74) is -3.43. The van der Waals surface area contributed by atoms with E-state index in [1.54, 1.807) is 5.32 Å². The third-order valence-corrected chi connectivity index (χ3v) is 3.56. The number of amides is 4. The monoisotopic (exact) mass is 307 g/mol. The summed E-state index contributed by atoms with van der Waals surface area (Å²) in [5, 5.41) is 4.55. The molecule has 1 aliphatic rings. The van der Waals surface area contributed by atoms with E-state index in [9.17, 15) is 27.6 Å². The van der Waals surface area contributed by atoms with Gasteiger partial charge < -0.3 is 5.32 Å². The lowest BCUT2D eigenvalue weighted by Crippen LogP contribution is -2.69. The van der Waals surface area contributed by atoms with Crippen molar-refractivity contribution in [2.24, 2.45) is 0 Å². The Hall–Kier alpha value is -2.10. The summed E-state index contributed by atoms with van der Waals surface area (Å²) in [4.78, 5) is 35.0. The fourth-order valence-electron chi connectivity index (χ4n) is 1.63. The van der Waals surface area contributed by atoms with Crippen LogP contribution < -0.4 is 10.6 Å². The van der Waals surface area contributed by atoms with Crippen LogP contribution in [0.3, 0.4) is 0 Å². The van der Waals surface area contributed by atoms with Crippen molar-refractivity contribution in [1.29, 1.82) is 0 Å². The summed E-state index contributed by atoms with van der Waals surface area (Å²) in [6.07, 6.45) is -5.17. The van der Waals surface area contributed by atoms with Crippen LogP contribution in [0.1, 0.15) is 9.67 Å². The third-order valence-electron chi connectivity index (χ3n) is 2.70. The maximum absolute atomic E-state index is 13.1. The molecule has 0 spiro atoms. The van der Waals surface area contributed by atoms with Crippen LogP contribution in [0.5, 0.6) is 0 Å². The molecule has 6 nitrogen and oxygen atoms in total. The van der Waals surface area contributed by atoms with Gasteiger partial charge in [-0.05, 0) is 11.4 Å². The number of likely N-dealkylation sites (N-methyl/N-ethyl adjacent to an activating group) is 1. The van der Waals surface area contributed by atoms with Crippen molar-refractivity contribution in [1.82, 2.24) is 15.5 Å². The molecule has 10 heteroatoms. The first-order valence-electron chi connectivity index (χ1n) is 5.22. The number of imide groups is 1. The lowest BCUT2D eigenvalue weighted by Gasteiger charge is -2.29. The molecule has 0 aromatic carbocycles. The molecule has 0 unspecified atom stereocenters. The molecule has 0 bridgehead atoms. The SMILES string of the molecule is CN1C(=O)N[C@](NC(=O)c2cccs2)(C(F)(F)F)C1=O. The lowest BCUT2D eigenvalue weighted by molar-refractivity contribution is -0.199. The van der Waals surface area contributed by atoms with E-state index < -0.39 is 29.7 Å². The Morgan fingerprint density at radius 2 is 2.10 bits per heavy atom. The summed E-state index contributed by atoms with van der Waals surface area (Å²) in [6, 6.07) is 1.54. The van der Waals surface area contributed by atoms with E-state index in [-0.39, 0.29) is 9.78 Å². The van der Waals surface area contributed by atoms with Gasteiger partial charge in [0.25, 0.3) is 17.5 Å². The van der Waals surface area contributed by atoms with Gasteiger partial charge in [-0.1, -0.05) is 6.07 Å². The Balaban J connectivity index is 2.38. The van der Waals surface area contributed by atoms with Gasteiger partial charge >= 0.3 is 12.2 Å². The van der Waals surface area contributed by atoms with Crippen LogP contribution in [0.4, 0.5) is 18.0 Å². The molecule has 1 atom stereocenters. The molecule has 1 aliphatic heterocycles. The second kappa shape index (κ2) is 4.47. The molecule has 4 amide bonds. The van der Waals surface area contributed by atoms with Gasteiger partial charge in [-0.25, -0.2) is 4.79 Å². The van der Waals surface area contributed by atoms with Gasteiger partial charge in [0.2, 0.25) is 0 Å². The van der Waals surface area contributed by atoms with Crippen LogP contribution in [0.2, 0.25) is 0 Å². The van der Waals surface area contributed by atoms with Crippen LogP contribution >= 0.6 is 11.3 Å². The van der Waals surface area contributed by atoms with Crippen molar-refractivity contribution in [3.63, 3.8) is 0 Å². The standard InChI is InChI=1S/C10H8F3N3O3S/c1-16-7(18)9(10(11,12)13,15-8(16)19)14-6(17)5-3-2-4-20-5/h2-4H,1H3,(H,14,17)(H,15,19)/t9-/m0/s1. The summed E-state index contributed by atoms with van der Waals surface area (Å²) in [5.74, 6) is -2.68. The van der Waals surface area contributed by atoms with E-state index in [1.165, 1.54) is 22.8 Å². The average Bonchev–Trinajstić information content (AvgIpc) is 2.93. The largest absolute Gasteiger partial charge is 0.440 e. The first-order chi connectivity index (χ1) is 9.19. The van der Waals surface area contributed by atoms with E-state index in [4.69, 9.17) is 0 Å². The Bertz CT molecular complexity index is 572. The van der Waals surface area contributed by atoms with Crippen molar-refractivity contribution in [2.45, 2.75) is 11.8 Å². The van der Waals surface area contributed by atoms with Crippen molar-refractivity contribution >= 4 is 29.2 Å². The molecular formula is C10H8F3N3O3S. The number of urea groups is 1. The van der Waals surface area contributed by atoms with Gasteiger partial charge in [0.05, 0.1) is 4.88 Å². The van der Waals surface area contributed by atoms with E-state index in [2.05, 4.69) is 0 Å². The number of hydrogen-bond acceptors (Lipinski definition) is 4. The highest BCUT2D eigenvalue weighted by Crippen LogP contribution is 2.33. The number of alkyl halides is 3. The third kappa shape index (κ3) is 2.01. The van der Waals surface area contributed by atoms with E-state index >= 15 is 0 Å². The number of nitrogens with zero attached hydrogens (tertiary/aromatic N) is 1. The van der Waals surface area contributed by atoms with Gasteiger partial charge in [0.15, 0.2) is 0 Å². The number of hydrogen-bond donors (Lipinski definition) is 2. The second-order valence-corrected chi connectivity index (χ2v) is 4.92. The topological polar surface area (TPSA) is 78.5 Å². The Kier molecular flexibility index (Phi) is 3.20. The molecule has 1 saturated heterocycles. The zero-order valence-electron chi connectivity index (χ0n) is 9.95. The molecule has 0 saturated carbocycles. The van der Waals surface area contributed by atoms with Crippen LogP contribution in [0.25, 0.3) is 0 Å². The quantitative estimate of drug-likeness (QED) is 0.798. The molecule has 1 aromatic heterocycles.